The number of rotatable bonds is 4. The lowest BCUT2D eigenvalue weighted by atomic mass is 9.88. The van der Waals surface area contributed by atoms with E-state index in [0.29, 0.717) is 0 Å². The Balaban J connectivity index is 1.28. The number of allylic oxidation sites excluding steroid dienone is 4. The number of hydrogen-bond donors (Lipinski definition) is 0. The summed E-state index contributed by atoms with van der Waals surface area (Å²) in [6, 6.07) is 58.2. The fourth-order valence-corrected chi connectivity index (χ4v) is 8.14. The predicted molar refractivity (Wildman–Crippen MR) is 211 cm³/mol. The predicted octanol–water partition coefficient (Wildman–Crippen LogP) is 13.3. The highest BCUT2D eigenvalue weighted by Gasteiger charge is 2.21. The minimum atomic E-state index is 1.11. The third kappa shape index (κ3) is 4.40. The fourth-order valence-electron chi connectivity index (χ4n) is 8.14. The summed E-state index contributed by atoms with van der Waals surface area (Å²) in [7, 11) is 0. The van der Waals surface area contributed by atoms with Crippen LogP contribution in [-0.2, 0) is 0 Å². The number of benzene rings is 8. The Bertz CT molecular complexity index is 2780. The number of aromatic nitrogens is 1. The van der Waals surface area contributed by atoms with Crippen LogP contribution < -0.4 is 0 Å². The van der Waals surface area contributed by atoms with Gasteiger partial charge in [-0.1, -0.05) is 152 Å². The molecule has 0 aliphatic heterocycles. The highest BCUT2D eigenvalue weighted by atomic mass is 15.0. The van der Waals surface area contributed by atoms with Crippen molar-refractivity contribution in [2.45, 2.75) is 12.8 Å². The van der Waals surface area contributed by atoms with E-state index in [4.69, 9.17) is 0 Å². The van der Waals surface area contributed by atoms with E-state index >= 15 is 0 Å². The number of fused-ring (bicyclic) bond motifs is 10. The molecule has 1 heteroatoms. The Kier molecular flexibility index (Phi) is 6.38. The number of nitrogens with zero attached hydrogens (tertiary/aromatic N) is 1. The van der Waals surface area contributed by atoms with Gasteiger partial charge >= 0.3 is 0 Å². The van der Waals surface area contributed by atoms with Crippen molar-refractivity contribution in [3.8, 4) is 27.9 Å². The quantitative estimate of drug-likeness (QED) is 0.172. The van der Waals surface area contributed by atoms with Crippen LogP contribution in [0.25, 0.3) is 87.6 Å². The second-order valence-electron chi connectivity index (χ2n) is 13.1. The molecule has 1 aliphatic rings. The Morgan fingerprint density at radius 3 is 1.78 bits per heavy atom. The summed E-state index contributed by atoms with van der Waals surface area (Å²) in [6.45, 7) is 0. The maximum atomic E-state index is 2.49. The number of para-hydroxylation sites is 1. The van der Waals surface area contributed by atoms with Crippen molar-refractivity contribution < 1.29 is 0 Å². The van der Waals surface area contributed by atoms with Crippen molar-refractivity contribution in [1.29, 1.82) is 0 Å². The first-order valence-corrected chi connectivity index (χ1v) is 17.3. The molecule has 0 atom stereocenters. The maximum absolute atomic E-state index is 2.49. The molecule has 0 saturated carbocycles. The smallest absolute Gasteiger partial charge is 0.0626 e. The van der Waals surface area contributed by atoms with Crippen LogP contribution in [0.5, 0.6) is 0 Å². The van der Waals surface area contributed by atoms with Crippen LogP contribution >= 0.6 is 0 Å². The highest BCUT2D eigenvalue weighted by molar-refractivity contribution is 6.38. The molecule has 1 heterocycles. The van der Waals surface area contributed by atoms with Gasteiger partial charge in [-0.3, -0.25) is 0 Å². The van der Waals surface area contributed by atoms with Crippen molar-refractivity contribution in [1.82, 2.24) is 4.57 Å². The summed E-state index contributed by atoms with van der Waals surface area (Å²) in [6.07, 6.45) is 9.12. The van der Waals surface area contributed by atoms with Gasteiger partial charge in [0.05, 0.1) is 11.0 Å². The molecule has 10 rings (SSSR count). The van der Waals surface area contributed by atoms with E-state index in [0.717, 1.165) is 12.8 Å². The molecule has 49 heavy (non-hydrogen) atoms. The molecule has 0 amide bonds. The minimum Gasteiger partial charge on any atom is -0.309 e. The maximum Gasteiger partial charge on any atom is 0.0626 e. The van der Waals surface area contributed by atoms with Crippen LogP contribution in [0.1, 0.15) is 18.4 Å². The first-order valence-electron chi connectivity index (χ1n) is 17.3. The molecule has 0 bridgehead atoms. The Morgan fingerprint density at radius 2 is 1.02 bits per heavy atom. The summed E-state index contributed by atoms with van der Waals surface area (Å²) < 4.78 is 2.49. The van der Waals surface area contributed by atoms with Crippen molar-refractivity contribution in [2.75, 3.05) is 0 Å². The first-order chi connectivity index (χ1) is 24.3. The molecule has 8 aromatic carbocycles. The van der Waals surface area contributed by atoms with Gasteiger partial charge in [0.2, 0.25) is 0 Å². The van der Waals surface area contributed by atoms with Crippen molar-refractivity contribution in [3.05, 3.63) is 182 Å². The zero-order valence-electron chi connectivity index (χ0n) is 27.1. The average molecular weight is 624 g/mol. The Labute approximate surface area is 285 Å². The van der Waals surface area contributed by atoms with E-state index < -0.39 is 0 Å². The van der Waals surface area contributed by atoms with Gasteiger partial charge in [-0.05, 0) is 92.0 Å². The van der Waals surface area contributed by atoms with E-state index in [2.05, 4.69) is 181 Å². The molecule has 9 aromatic rings. The van der Waals surface area contributed by atoms with Gasteiger partial charge in [0.1, 0.15) is 0 Å². The fraction of sp³-hybridized carbons (Fsp3) is 0.0417. The normalized spacial score (nSPS) is 13.2. The molecular formula is C48H33N. The molecule has 0 radical (unpaired) electrons. The van der Waals surface area contributed by atoms with Crippen LogP contribution in [0.2, 0.25) is 0 Å². The summed E-state index contributed by atoms with van der Waals surface area (Å²) >= 11 is 0. The van der Waals surface area contributed by atoms with E-state index in [9.17, 15) is 0 Å². The van der Waals surface area contributed by atoms with Crippen LogP contribution in [0.3, 0.4) is 0 Å². The van der Waals surface area contributed by atoms with Crippen LogP contribution in [-0.4, -0.2) is 4.57 Å². The SMILES string of the molecule is C1=CC(c2ccc(-n3c4ccccc4c4c5c6ccccc6c(-c6ccc(-c7ccccc7)cc6)cc5c5ccccc5c43)cc2)=CCC1. The highest BCUT2D eigenvalue weighted by Crippen LogP contribution is 2.47. The zero-order chi connectivity index (χ0) is 32.3. The lowest BCUT2D eigenvalue weighted by Gasteiger charge is -2.17. The second-order valence-corrected chi connectivity index (χ2v) is 13.1. The first kappa shape index (κ1) is 27.9. The Morgan fingerprint density at radius 1 is 0.408 bits per heavy atom. The van der Waals surface area contributed by atoms with E-state index in [1.165, 1.54) is 93.2 Å². The van der Waals surface area contributed by atoms with Gasteiger partial charge < -0.3 is 4.57 Å². The number of hydrogen-bond acceptors (Lipinski definition) is 0. The summed E-state index contributed by atoms with van der Waals surface area (Å²) in [4.78, 5) is 0. The molecule has 0 saturated heterocycles. The summed E-state index contributed by atoms with van der Waals surface area (Å²) in [5.41, 5.74) is 11.2. The van der Waals surface area contributed by atoms with Crippen molar-refractivity contribution in [3.63, 3.8) is 0 Å². The largest absolute Gasteiger partial charge is 0.309 e. The van der Waals surface area contributed by atoms with Gasteiger partial charge in [0.15, 0.2) is 0 Å². The lowest BCUT2D eigenvalue weighted by molar-refractivity contribution is 1.04. The molecule has 230 valence electrons. The monoisotopic (exact) mass is 623 g/mol. The third-order valence-electron chi connectivity index (χ3n) is 10.4. The topological polar surface area (TPSA) is 4.93 Å². The average Bonchev–Trinajstić information content (AvgIpc) is 3.54. The third-order valence-corrected chi connectivity index (χ3v) is 10.4. The van der Waals surface area contributed by atoms with E-state index in [1.807, 2.05) is 0 Å². The summed E-state index contributed by atoms with van der Waals surface area (Å²) in [5.74, 6) is 0. The molecule has 0 N–H and O–H groups in total. The molecule has 0 unspecified atom stereocenters. The molecule has 0 spiro atoms. The van der Waals surface area contributed by atoms with Crippen molar-refractivity contribution >= 4 is 59.7 Å². The molecule has 0 fully saturated rings. The van der Waals surface area contributed by atoms with Gasteiger partial charge in [-0.15, -0.1) is 0 Å². The lowest BCUT2D eigenvalue weighted by Crippen LogP contribution is -1.96. The van der Waals surface area contributed by atoms with Gasteiger partial charge in [-0.25, -0.2) is 0 Å². The standard InChI is InChI=1S/C48H33N/c1-3-13-32(14-4-1)34-23-25-36(26-24-34)43-31-44-39-18-8-10-20-41(39)48-47(46(44)40-19-9-7-17-38(40)43)42-21-11-12-22-45(42)49(48)37-29-27-35(28-30-37)33-15-5-2-6-16-33/h1,3-5,7-31H,2,6H2. The van der Waals surface area contributed by atoms with Crippen LogP contribution in [0.15, 0.2) is 176 Å². The van der Waals surface area contributed by atoms with Crippen LogP contribution in [0, 0.1) is 0 Å². The molecule has 1 nitrogen and oxygen atoms in total. The summed E-state index contributed by atoms with van der Waals surface area (Å²) in [5, 5.41) is 10.3. The van der Waals surface area contributed by atoms with E-state index in [-0.39, 0.29) is 0 Å². The van der Waals surface area contributed by atoms with Gasteiger partial charge in [-0.2, -0.15) is 0 Å². The minimum absolute atomic E-state index is 1.11. The van der Waals surface area contributed by atoms with Gasteiger partial charge in [0.25, 0.3) is 0 Å². The second kappa shape index (κ2) is 11.2. The van der Waals surface area contributed by atoms with Gasteiger partial charge in [0, 0.05) is 27.2 Å². The Hall–Kier alpha value is -6.18. The van der Waals surface area contributed by atoms with Crippen LogP contribution in [0.4, 0.5) is 0 Å². The molecular weight excluding hydrogens is 591 g/mol. The zero-order valence-corrected chi connectivity index (χ0v) is 27.1. The molecule has 1 aromatic heterocycles. The van der Waals surface area contributed by atoms with Crippen molar-refractivity contribution in [2.24, 2.45) is 0 Å². The molecule has 1 aliphatic carbocycles. The van der Waals surface area contributed by atoms with E-state index in [1.54, 1.807) is 0 Å².